The lowest BCUT2D eigenvalue weighted by Crippen LogP contribution is -2.54. The van der Waals surface area contributed by atoms with Crippen molar-refractivity contribution in [1.82, 2.24) is 15.2 Å². The number of pyridine rings is 1. The summed E-state index contributed by atoms with van der Waals surface area (Å²) in [6.45, 7) is 4.20. The summed E-state index contributed by atoms with van der Waals surface area (Å²) in [5, 5.41) is 2.38. The van der Waals surface area contributed by atoms with E-state index in [4.69, 9.17) is 9.47 Å². The van der Waals surface area contributed by atoms with Gasteiger partial charge in [0.15, 0.2) is 0 Å². The molecule has 286 valence electrons. The molecule has 1 saturated heterocycles. The molecule has 1 aliphatic heterocycles. The number of amides is 3. The number of hydrogen-bond donors (Lipinski definition) is 1. The maximum atomic E-state index is 14.6. The van der Waals surface area contributed by atoms with Gasteiger partial charge in [-0.15, -0.1) is 0 Å². The Kier molecular flexibility index (Phi) is 10.2. The van der Waals surface area contributed by atoms with Gasteiger partial charge in [0.2, 0.25) is 11.8 Å². The Labute approximate surface area is 286 Å². The van der Waals surface area contributed by atoms with E-state index in [-0.39, 0.29) is 37.9 Å². The number of anilines is 1. The second-order valence-corrected chi connectivity index (χ2v) is 15.8. The van der Waals surface area contributed by atoms with Crippen molar-refractivity contribution in [3.05, 3.63) is 53.9 Å². The molecule has 1 aromatic carbocycles. The van der Waals surface area contributed by atoms with E-state index in [1.54, 1.807) is 0 Å². The van der Waals surface area contributed by atoms with Gasteiger partial charge in [0, 0.05) is 56.1 Å². The zero-order valence-corrected chi connectivity index (χ0v) is 28.5. The number of nitrogens with zero attached hydrogens (tertiary/aromatic N) is 3. The number of ether oxygens (including phenoxy) is 2. The van der Waals surface area contributed by atoms with E-state index in [1.807, 2.05) is 0 Å². The zero-order valence-electron chi connectivity index (χ0n) is 27.7. The molecule has 9 nitrogen and oxygen atoms in total. The van der Waals surface area contributed by atoms with E-state index < -0.39 is 105 Å². The summed E-state index contributed by atoms with van der Waals surface area (Å²) < 4.78 is 150. The first kappa shape index (κ1) is 40.0. The number of methoxy groups -OCH3 is 1. The van der Waals surface area contributed by atoms with Crippen LogP contribution in [0.5, 0.6) is 0 Å². The highest BCUT2D eigenvalue weighted by atomic mass is 32.5. The number of hydrogen-bond acceptors (Lipinski definition) is 6. The van der Waals surface area contributed by atoms with Crippen molar-refractivity contribution >= 4 is 33.8 Å². The van der Waals surface area contributed by atoms with Gasteiger partial charge in [-0.2, -0.15) is 13.2 Å². The fourth-order valence-electron chi connectivity index (χ4n) is 5.90. The Morgan fingerprint density at radius 1 is 1.00 bits per heavy atom. The molecule has 2 aliphatic rings. The molecular formula is C31H36F10N4O5S. The highest BCUT2D eigenvalue weighted by Gasteiger charge is 2.65. The summed E-state index contributed by atoms with van der Waals surface area (Å²) in [6.07, 6.45) is -8.19. The van der Waals surface area contributed by atoms with Gasteiger partial charge in [0.25, 0.3) is 5.91 Å². The topological polar surface area (TPSA) is 101 Å². The number of benzene rings is 1. The molecule has 2 fully saturated rings. The first-order valence-electron chi connectivity index (χ1n) is 15.5. The molecule has 1 aliphatic carbocycles. The molecule has 3 atom stereocenters. The van der Waals surface area contributed by atoms with E-state index >= 15 is 0 Å². The first-order chi connectivity index (χ1) is 23.1. The molecule has 51 heavy (non-hydrogen) atoms. The first-order valence-corrected chi connectivity index (χ1v) is 17.4. The minimum atomic E-state index is -10.3. The predicted molar refractivity (Wildman–Crippen MR) is 165 cm³/mol. The third kappa shape index (κ3) is 9.75. The van der Waals surface area contributed by atoms with Crippen molar-refractivity contribution in [2.75, 3.05) is 18.6 Å². The number of carbonyl (C=O) groups is 3. The van der Waals surface area contributed by atoms with Gasteiger partial charge in [-0.05, 0) is 63.9 Å². The Bertz CT molecular complexity index is 1630. The molecule has 20 heteroatoms. The van der Waals surface area contributed by atoms with Crippen LogP contribution in [0.2, 0.25) is 0 Å². The standard InChI is InChI=1S/C31H36F10N4O5S/c1-29(2,3)50-28(48)44-17-20(49-4)15-24(44)27(47)45(19-5-7-21(8-6-19)51(37,38,39,40)41)25(22-16-42-14-11-23(22)31(34,35)36)26(46)43-18-9-12-30(32,33)13-10-18/h5-8,11,14,16,18,20,24-25H,9-10,12-13,15,17H2,1-4H3,(H,43,46)/t20-,24-,25?/m1/s1. The molecule has 2 aromatic rings. The van der Waals surface area contributed by atoms with Gasteiger partial charge in [-0.1, -0.05) is 19.4 Å². The van der Waals surface area contributed by atoms with Crippen LogP contribution in [0, 0.1) is 0 Å². The Balaban J connectivity index is 1.94. The van der Waals surface area contributed by atoms with Crippen LogP contribution in [0.15, 0.2) is 47.6 Å². The zero-order chi connectivity index (χ0) is 38.4. The van der Waals surface area contributed by atoms with Gasteiger partial charge in [0.1, 0.15) is 22.6 Å². The predicted octanol–water partition coefficient (Wildman–Crippen LogP) is 8.55. The molecule has 2 heterocycles. The van der Waals surface area contributed by atoms with Crippen LogP contribution in [-0.4, -0.2) is 71.2 Å². The van der Waals surface area contributed by atoms with Crippen molar-refractivity contribution in [3.63, 3.8) is 0 Å². The number of halogens is 10. The fourth-order valence-corrected chi connectivity index (χ4v) is 6.55. The van der Waals surface area contributed by atoms with E-state index in [0.717, 1.165) is 11.1 Å². The molecule has 1 unspecified atom stereocenters. The molecule has 1 saturated carbocycles. The van der Waals surface area contributed by atoms with Crippen LogP contribution in [0.25, 0.3) is 0 Å². The highest BCUT2D eigenvalue weighted by Crippen LogP contribution is 3.02. The largest absolute Gasteiger partial charge is 0.444 e. The molecule has 1 N–H and O–H groups in total. The lowest BCUT2D eigenvalue weighted by molar-refractivity contribution is -0.139. The lowest BCUT2D eigenvalue weighted by Gasteiger charge is -2.41. The van der Waals surface area contributed by atoms with Gasteiger partial charge >= 0.3 is 22.5 Å². The average molecular weight is 767 g/mol. The van der Waals surface area contributed by atoms with Gasteiger partial charge < -0.3 is 14.8 Å². The minimum Gasteiger partial charge on any atom is -0.444 e. The summed E-state index contributed by atoms with van der Waals surface area (Å²) in [5.74, 6) is -5.78. The quantitative estimate of drug-likeness (QED) is 0.271. The minimum absolute atomic E-state index is 0.0957. The van der Waals surface area contributed by atoms with Gasteiger partial charge in [0.05, 0.1) is 18.2 Å². The normalized spacial score (nSPS) is 22.0. The van der Waals surface area contributed by atoms with E-state index in [1.165, 1.54) is 27.9 Å². The SMILES string of the molecule is CO[C@@H]1C[C@H](C(=O)N(c2ccc(S(F)(F)(F)(F)F)cc2)C(C(=O)NC2CCC(F)(F)CC2)c2cnccc2C(F)(F)F)N(C(=O)OC(C)(C)C)C1. The molecule has 0 bridgehead atoms. The van der Waals surface area contributed by atoms with Crippen molar-refractivity contribution in [2.45, 2.75) is 99.7 Å². The Morgan fingerprint density at radius 2 is 1.59 bits per heavy atom. The number of alkyl halides is 5. The second kappa shape index (κ2) is 13.0. The number of likely N-dealkylation sites (tertiary alicyclic amines) is 1. The van der Waals surface area contributed by atoms with Gasteiger partial charge in [-0.3, -0.25) is 24.4 Å². The maximum absolute atomic E-state index is 14.6. The number of rotatable bonds is 8. The highest BCUT2D eigenvalue weighted by molar-refractivity contribution is 8.45. The van der Waals surface area contributed by atoms with Crippen LogP contribution in [0.1, 0.15) is 70.0 Å². The summed E-state index contributed by atoms with van der Waals surface area (Å²) in [6, 6.07) is -4.11. The Morgan fingerprint density at radius 3 is 2.10 bits per heavy atom. The molecule has 3 amide bonds. The van der Waals surface area contributed by atoms with Crippen LogP contribution in [-0.2, 0) is 25.2 Å². The number of carbonyl (C=O) groups excluding carboxylic acids is 3. The molecule has 1 aromatic heterocycles. The molecule has 0 radical (unpaired) electrons. The van der Waals surface area contributed by atoms with Crippen LogP contribution >= 0.6 is 10.2 Å². The monoisotopic (exact) mass is 766 g/mol. The van der Waals surface area contributed by atoms with E-state index in [9.17, 15) is 55.8 Å². The maximum Gasteiger partial charge on any atom is 0.416 e. The van der Waals surface area contributed by atoms with Crippen LogP contribution < -0.4 is 10.2 Å². The second-order valence-electron chi connectivity index (χ2n) is 13.4. The summed E-state index contributed by atoms with van der Waals surface area (Å²) >= 11 is 0. The fraction of sp³-hybridized carbons (Fsp3) is 0.548. The molecule has 0 spiro atoms. The van der Waals surface area contributed by atoms with E-state index in [0.29, 0.717) is 29.3 Å². The summed E-state index contributed by atoms with van der Waals surface area (Å²) in [7, 11) is -9.08. The average Bonchev–Trinajstić information content (AvgIpc) is 3.43. The lowest BCUT2D eigenvalue weighted by atomic mass is 9.91. The summed E-state index contributed by atoms with van der Waals surface area (Å²) in [5.41, 5.74) is -4.35. The molecular weight excluding hydrogens is 730 g/mol. The Hall–Kier alpha value is -3.81. The third-order valence-corrected chi connectivity index (χ3v) is 9.49. The number of aromatic nitrogens is 1. The van der Waals surface area contributed by atoms with Crippen molar-refractivity contribution in [3.8, 4) is 0 Å². The van der Waals surface area contributed by atoms with E-state index in [2.05, 4.69) is 10.3 Å². The smallest absolute Gasteiger partial charge is 0.416 e. The van der Waals surface area contributed by atoms with Gasteiger partial charge in [-0.25, -0.2) is 13.6 Å². The van der Waals surface area contributed by atoms with Crippen LogP contribution in [0.3, 0.4) is 0 Å². The van der Waals surface area contributed by atoms with Crippen molar-refractivity contribution in [1.29, 1.82) is 0 Å². The van der Waals surface area contributed by atoms with Crippen LogP contribution in [0.4, 0.5) is 51.9 Å². The number of nitrogens with one attached hydrogen (secondary N) is 1. The van der Waals surface area contributed by atoms with Crippen molar-refractivity contribution in [2.24, 2.45) is 0 Å². The third-order valence-electron chi connectivity index (χ3n) is 8.33. The summed E-state index contributed by atoms with van der Waals surface area (Å²) in [4.78, 5) is 44.5. The molecule has 4 rings (SSSR count). The van der Waals surface area contributed by atoms with Crippen molar-refractivity contribution < 1.29 is 65.2 Å².